The van der Waals surface area contributed by atoms with Crippen LogP contribution in [-0.2, 0) is 14.3 Å². The number of anilines is 2. The highest BCUT2D eigenvalue weighted by Crippen LogP contribution is 2.29. The van der Waals surface area contributed by atoms with Gasteiger partial charge in [-0.3, -0.25) is 9.59 Å². The van der Waals surface area contributed by atoms with Crippen LogP contribution in [0, 0.1) is 11.8 Å². The van der Waals surface area contributed by atoms with Gasteiger partial charge < -0.3 is 20.3 Å². The van der Waals surface area contributed by atoms with Gasteiger partial charge >= 0.3 is 0 Å². The van der Waals surface area contributed by atoms with Gasteiger partial charge in [-0.2, -0.15) is 0 Å². The quantitative estimate of drug-likeness (QED) is 0.630. The van der Waals surface area contributed by atoms with Crippen LogP contribution in [0.25, 0.3) is 11.3 Å². The number of aromatic nitrogens is 1. The molecule has 1 atom stereocenters. The maximum absolute atomic E-state index is 13.0. The third kappa shape index (κ3) is 6.12. The molecule has 2 heterocycles. The monoisotopic (exact) mass is 470 g/mol. The highest BCUT2D eigenvalue weighted by atomic mass is 32.1. The zero-order chi connectivity index (χ0) is 23.2. The van der Waals surface area contributed by atoms with Crippen molar-refractivity contribution in [1.29, 1.82) is 0 Å². The van der Waals surface area contributed by atoms with Crippen LogP contribution in [0.1, 0.15) is 46.0 Å². The fourth-order valence-electron chi connectivity index (χ4n) is 4.41. The second kappa shape index (κ2) is 11.1. The summed E-state index contributed by atoms with van der Waals surface area (Å²) in [5, 5.41) is 9.05. The first-order valence-electron chi connectivity index (χ1n) is 12.0. The Labute approximate surface area is 199 Å². The molecular weight excluding hydrogens is 436 g/mol. The molecule has 2 amide bonds. The number of nitrogens with zero attached hydrogens (tertiary/aromatic N) is 2. The first kappa shape index (κ1) is 23.7. The number of ether oxygens (including phenoxy) is 1. The number of morpholine rings is 1. The van der Waals surface area contributed by atoms with Crippen molar-refractivity contribution < 1.29 is 14.3 Å². The molecule has 1 aliphatic heterocycles. The summed E-state index contributed by atoms with van der Waals surface area (Å²) in [6, 6.07) is 7.17. The molecule has 0 radical (unpaired) electrons. The van der Waals surface area contributed by atoms with E-state index in [1.165, 1.54) is 6.42 Å². The predicted molar refractivity (Wildman–Crippen MR) is 133 cm³/mol. The summed E-state index contributed by atoms with van der Waals surface area (Å²) in [6.07, 6.45) is 5.22. The summed E-state index contributed by atoms with van der Waals surface area (Å²) in [5.74, 6) is -0.123. The summed E-state index contributed by atoms with van der Waals surface area (Å²) < 4.78 is 5.42. The van der Waals surface area contributed by atoms with Gasteiger partial charge in [0.15, 0.2) is 5.13 Å². The molecule has 2 N–H and O–H groups in total. The van der Waals surface area contributed by atoms with E-state index in [1.807, 2.05) is 38.1 Å². The molecule has 1 aliphatic carbocycles. The minimum absolute atomic E-state index is 0.00503. The lowest BCUT2D eigenvalue weighted by Crippen LogP contribution is -2.49. The van der Waals surface area contributed by atoms with Crippen LogP contribution in [0.2, 0.25) is 0 Å². The minimum atomic E-state index is -0.547. The Morgan fingerprint density at radius 3 is 2.45 bits per heavy atom. The second-order valence-electron chi connectivity index (χ2n) is 9.25. The van der Waals surface area contributed by atoms with E-state index in [-0.39, 0.29) is 23.7 Å². The number of nitrogens with one attached hydrogen (secondary N) is 2. The molecule has 8 heteroatoms. The van der Waals surface area contributed by atoms with Crippen molar-refractivity contribution in [3.8, 4) is 11.3 Å². The largest absolute Gasteiger partial charge is 0.378 e. The fraction of sp³-hybridized carbons (Fsp3) is 0.560. The summed E-state index contributed by atoms with van der Waals surface area (Å²) in [7, 11) is 0. The van der Waals surface area contributed by atoms with Crippen molar-refractivity contribution in [3.63, 3.8) is 0 Å². The number of hydrogen-bond acceptors (Lipinski definition) is 6. The Balaban J connectivity index is 1.36. The molecule has 1 aromatic carbocycles. The second-order valence-corrected chi connectivity index (χ2v) is 10.1. The van der Waals surface area contributed by atoms with Crippen molar-refractivity contribution in [2.24, 2.45) is 11.8 Å². The van der Waals surface area contributed by atoms with Crippen LogP contribution in [-0.4, -0.2) is 49.1 Å². The molecule has 1 unspecified atom stereocenters. The Kier molecular flexibility index (Phi) is 7.98. The van der Waals surface area contributed by atoms with Crippen molar-refractivity contribution in [2.45, 2.75) is 52.0 Å². The topological polar surface area (TPSA) is 83.6 Å². The van der Waals surface area contributed by atoms with Crippen LogP contribution >= 0.6 is 11.3 Å². The van der Waals surface area contributed by atoms with E-state index in [0.717, 1.165) is 68.4 Å². The lowest BCUT2D eigenvalue weighted by molar-refractivity contribution is -0.130. The average molecular weight is 471 g/mol. The zero-order valence-corrected chi connectivity index (χ0v) is 20.3. The molecule has 178 valence electrons. The van der Waals surface area contributed by atoms with E-state index in [1.54, 1.807) is 11.3 Å². The van der Waals surface area contributed by atoms with Crippen molar-refractivity contribution in [2.75, 3.05) is 36.5 Å². The average Bonchev–Trinajstić information content (AvgIpc) is 3.34. The zero-order valence-electron chi connectivity index (χ0n) is 19.5. The smallest absolute Gasteiger partial charge is 0.247 e. The lowest BCUT2D eigenvalue weighted by atomic mass is 9.88. The van der Waals surface area contributed by atoms with Gasteiger partial charge in [-0.15, -0.1) is 11.3 Å². The van der Waals surface area contributed by atoms with Crippen LogP contribution < -0.4 is 15.5 Å². The minimum Gasteiger partial charge on any atom is -0.378 e. The number of carbonyl (C=O) groups is 2. The molecule has 1 saturated carbocycles. The summed E-state index contributed by atoms with van der Waals surface area (Å²) >= 11 is 1.64. The molecule has 0 bridgehead atoms. The maximum atomic E-state index is 13.0. The Bertz CT molecular complexity index is 931. The normalized spacial score (nSPS) is 18.2. The Morgan fingerprint density at radius 2 is 1.79 bits per heavy atom. The summed E-state index contributed by atoms with van der Waals surface area (Å²) in [4.78, 5) is 32.7. The van der Waals surface area contributed by atoms with E-state index in [4.69, 9.17) is 9.72 Å². The standard InChI is InChI=1S/C25H34N4O3S/c1-17(2)22(28-23(30)19-6-4-3-5-7-19)24(31)26-20-10-8-18(9-11-20)21-16-33-25(27-21)29-12-14-32-15-13-29/h8-11,16-17,19,22H,3-7,12-15H2,1-2H3,(H,26,31)(H,28,30). The summed E-state index contributed by atoms with van der Waals surface area (Å²) in [6.45, 7) is 7.13. The maximum Gasteiger partial charge on any atom is 0.247 e. The van der Waals surface area contributed by atoms with Crippen molar-refractivity contribution >= 4 is 34.0 Å². The molecule has 2 aromatic rings. The molecule has 0 spiro atoms. The van der Waals surface area contributed by atoms with Gasteiger partial charge in [0.2, 0.25) is 11.8 Å². The van der Waals surface area contributed by atoms with E-state index in [0.29, 0.717) is 5.69 Å². The van der Waals surface area contributed by atoms with Gasteiger partial charge in [0.05, 0.1) is 18.9 Å². The Hall–Kier alpha value is -2.45. The molecule has 7 nitrogen and oxygen atoms in total. The molecular formula is C25H34N4O3S. The van der Waals surface area contributed by atoms with Crippen molar-refractivity contribution in [1.82, 2.24) is 10.3 Å². The highest BCUT2D eigenvalue weighted by molar-refractivity contribution is 7.14. The van der Waals surface area contributed by atoms with Crippen LogP contribution in [0.5, 0.6) is 0 Å². The van der Waals surface area contributed by atoms with E-state index >= 15 is 0 Å². The summed E-state index contributed by atoms with van der Waals surface area (Å²) in [5.41, 5.74) is 2.65. The van der Waals surface area contributed by atoms with Gasteiger partial charge in [0, 0.05) is 35.6 Å². The van der Waals surface area contributed by atoms with Crippen LogP contribution in [0.15, 0.2) is 29.6 Å². The van der Waals surface area contributed by atoms with Gasteiger partial charge in [-0.1, -0.05) is 45.2 Å². The number of thiazole rings is 1. The van der Waals surface area contributed by atoms with Gasteiger partial charge in [-0.05, 0) is 30.9 Å². The van der Waals surface area contributed by atoms with E-state index < -0.39 is 6.04 Å². The third-order valence-electron chi connectivity index (χ3n) is 6.44. The van der Waals surface area contributed by atoms with Crippen LogP contribution in [0.4, 0.5) is 10.8 Å². The number of benzene rings is 1. The molecule has 1 saturated heterocycles. The number of rotatable bonds is 7. The fourth-order valence-corrected chi connectivity index (χ4v) is 5.30. The predicted octanol–water partition coefficient (Wildman–Crippen LogP) is 4.31. The van der Waals surface area contributed by atoms with Crippen LogP contribution in [0.3, 0.4) is 0 Å². The van der Waals surface area contributed by atoms with E-state index in [2.05, 4.69) is 20.9 Å². The lowest BCUT2D eigenvalue weighted by Gasteiger charge is -2.26. The van der Waals surface area contributed by atoms with E-state index in [9.17, 15) is 9.59 Å². The van der Waals surface area contributed by atoms with Gasteiger partial charge in [0.25, 0.3) is 0 Å². The SMILES string of the molecule is CC(C)C(NC(=O)C1CCCCC1)C(=O)Nc1ccc(-c2csc(N3CCOCC3)n2)cc1. The Morgan fingerprint density at radius 1 is 1.09 bits per heavy atom. The highest BCUT2D eigenvalue weighted by Gasteiger charge is 2.28. The first-order chi connectivity index (χ1) is 16.0. The molecule has 1 aromatic heterocycles. The van der Waals surface area contributed by atoms with Gasteiger partial charge in [-0.25, -0.2) is 4.98 Å². The van der Waals surface area contributed by atoms with Crippen molar-refractivity contribution in [3.05, 3.63) is 29.6 Å². The number of hydrogen-bond donors (Lipinski definition) is 2. The molecule has 2 aliphatic rings. The van der Waals surface area contributed by atoms with Gasteiger partial charge in [0.1, 0.15) is 6.04 Å². The first-order valence-corrected chi connectivity index (χ1v) is 12.9. The molecule has 2 fully saturated rings. The third-order valence-corrected chi connectivity index (χ3v) is 7.35. The molecule has 4 rings (SSSR count). The number of amides is 2. The molecule has 33 heavy (non-hydrogen) atoms. The number of carbonyl (C=O) groups excluding carboxylic acids is 2.